The lowest BCUT2D eigenvalue weighted by Gasteiger charge is -2.39. The van der Waals surface area contributed by atoms with Crippen molar-refractivity contribution in [2.75, 3.05) is 0 Å². The second-order valence-electron chi connectivity index (χ2n) is 10.5. The molecule has 3 heterocycles. The molecule has 4 atom stereocenters. The van der Waals surface area contributed by atoms with E-state index in [-0.39, 0.29) is 30.3 Å². The Bertz CT molecular complexity index is 1240. The molecule has 194 valence electrons. The third kappa shape index (κ3) is 4.99. The van der Waals surface area contributed by atoms with Crippen molar-refractivity contribution in [2.45, 2.75) is 82.2 Å². The highest BCUT2D eigenvalue weighted by Gasteiger charge is 2.44. The first-order chi connectivity index (χ1) is 18.0. The van der Waals surface area contributed by atoms with Crippen molar-refractivity contribution < 1.29 is 14.1 Å². The Balaban J connectivity index is 1.13. The number of urea groups is 1. The quantitative estimate of drug-likeness (QED) is 0.337. The van der Waals surface area contributed by atoms with Gasteiger partial charge in [-0.25, -0.2) is 4.79 Å². The number of amides is 2. The van der Waals surface area contributed by atoms with Crippen molar-refractivity contribution in [3.05, 3.63) is 75.5 Å². The number of hydrogen-bond donors (Lipinski definition) is 1. The molecule has 3 aliphatic rings. The van der Waals surface area contributed by atoms with Crippen LogP contribution in [-0.4, -0.2) is 34.3 Å². The van der Waals surface area contributed by atoms with Gasteiger partial charge in [-0.15, -0.1) is 0 Å². The van der Waals surface area contributed by atoms with E-state index < -0.39 is 0 Å². The summed E-state index contributed by atoms with van der Waals surface area (Å²) in [5.41, 5.74) is 3.42. The molecule has 1 aromatic heterocycles. The standard InChI is InChI=1S/C29H31Cl2N3O3/c1-17(18-6-3-2-4-7-18)32-29(35)34-20-12-13-21(34)15-22(14-20)36-16-23-27(33-37-28(23)19-10-11-19)26-24(30)8-5-9-25(26)31/h2-9,17,19-22H,10-16H2,1H3,(H,32,35)/t17-,20+,21?,22?/m1/s1. The highest BCUT2D eigenvalue weighted by Crippen LogP contribution is 2.46. The number of benzene rings is 2. The number of nitrogens with one attached hydrogen (secondary N) is 1. The molecule has 2 unspecified atom stereocenters. The highest BCUT2D eigenvalue weighted by molar-refractivity contribution is 6.39. The number of carbonyl (C=O) groups is 1. The summed E-state index contributed by atoms with van der Waals surface area (Å²) in [6.45, 7) is 2.43. The molecule has 1 aliphatic carbocycles. The summed E-state index contributed by atoms with van der Waals surface area (Å²) in [5, 5.41) is 8.67. The lowest BCUT2D eigenvalue weighted by atomic mass is 9.99. The van der Waals surface area contributed by atoms with Crippen LogP contribution in [0.25, 0.3) is 11.3 Å². The second-order valence-corrected chi connectivity index (χ2v) is 11.3. The first-order valence-electron chi connectivity index (χ1n) is 13.2. The smallest absolute Gasteiger partial charge is 0.318 e. The molecule has 6 rings (SSSR count). The minimum Gasteiger partial charge on any atom is -0.373 e. The average molecular weight is 540 g/mol. The number of rotatable bonds is 7. The summed E-state index contributed by atoms with van der Waals surface area (Å²) in [7, 11) is 0. The fourth-order valence-electron chi connectivity index (χ4n) is 5.93. The number of fused-ring (bicyclic) bond motifs is 2. The Kier molecular flexibility index (Phi) is 6.91. The minimum atomic E-state index is -0.0356. The van der Waals surface area contributed by atoms with Gasteiger partial charge in [0.15, 0.2) is 0 Å². The van der Waals surface area contributed by atoms with E-state index in [0.717, 1.165) is 55.4 Å². The molecule has 2 aliphatic heterocycles. The monoisotopic (exact) mass is 539 g/mol. The van der Waals surface area contributed by atoms with Gasteiger partial charge < -0.3 is 19.5 Å². The number of aromatic nitrogens is 1. The maximum Gasteiger partial charge on any atom is 0.318 e. The fourth-order valence-corrected chi connectivity index (χ4v) is 6.51. The van der Waals surface area contributed by atoms with Crippen LogP contribution < -0.4 is 5.32 Å². The molecule has 1 N–H and O–H groups in total. The minimum absolute atomic E-state index is 0.0213. The number of piperidine rings is 1. The number of hydrogen-bond acceptors (Lipinski definition) is 4. The largest absolute Gasteiger partial charge is 0.373 e. The topological polar surface area (TPSA) is 67.6 Å². The van der Waals surface area contributed by atoms with Gasteiger partial charge in [0.05, 0.1) is 28.8 Å². The Morgan fingerprint density at radius 2 is 1.73 bits per heavy atom. The number of carbonyl (C=O) groups excluding carboxylic acids is 1. The highest BCUT2D eigenvalue weighted by atomic mass is 35.5. The summed E-state index contributed by atoms with van der Waals surface area (Å²) >= 11 is 13.0. The number of halogens is 2. The van der Waals surface area contributed by atoms with Crippen LogP contribution in [0, 0.1) is 0 Å². The molecular weight excluding hydrogens is 509 g/mol. The first-order valence-corrected chi connectivity index (χ1v) is 13.9. The van der Waals surface area contributed by atoms with Crippen LogP contribution in [0.3, 0.4) is 0 Å². The fraction of sp³-hybridized carbons (Fsp3) is 0.448. The molecule has 2 aromatic carbocycles. The summed E-state index contributed by atoms with van der Waals surface area (Å²) < 4.78 is 12.3. The molecule has 1 saturated carbocycles. The third-order valence-corrected chi connectivity index (χ3v) is 8.62. The number of nitrogens with zero attached hydrogens (tertiary/aromatic N) is 2. The van der Waals surface area contributed by atoms with Crippen molar-refractivity contribution in [2.24, 2.45) is 0 Å². The van der Waals surface area contributed by atoms with Gasteiger partial charge in [0, 0.05) is 29.1 Å². The SMILES string of the molecule is C[C@@H](NC(=O)N1C2CC[C@H]1CC(OCc1c(-c3c(Cl)cccc3Cl)noc1C1CC1)C2)c1ccccc1. The van der Waals surface area contributed by atoms with Gasteiger partial charge in [0.2, 0.25) is 0 Å². The first kappa shape index (κ1) is 24.8. The zero-order chi connectivity index (χ0) is 25.5. The molecular formula is C29H31Cl2N3O3. The number of ether oxygens (including phenoxy) is 1. The van der Waals surface area contributed by atoms with Gasteiger partial charge >= 0.3 is 6.03 Å². The van der Waals surface area contributed by atoms with Crippen molar-refractivity contribution in [1.82, 2.24) is 15.4 Å². The molecule has 0 spiro atoms. The van der Waals surface area contributed by atoms with E-state index in [1.165, 1.54) is 0 Å². The average Bonchev–Trinajstić information content (AvgIpc) is 3.60. The predicted molar refractivity (Wildman–Crippen MR) is 144 cm³/mol. The van der Waals surface area contributed by atoms with Crippen molar-refractivity contribution in [3.63, 3.8) is 0 Å². The van der Waals surface area contributed by atoms with Crippen LogP contribution in [-0.2, 0) is 11.3 Å². The molecule has 2 amide bonds. The summed E-state index contributed by atoms with van der Waals surface area (Å²) in [6, 6.07) is 15.9. The molecule has 3 fully saturated rings. The van der Waals surface area contributed by atoms with E-state index in [1.54, 1.807) is 0 Å². The van der Waals surface area contributed by atoms with Crippen molar-refractivity contribution in [3.8, 4) is 11.3 Å². The normalized spacial score (nSPS) is 23.8. The second kappa shape index (κ2) is 10.3. The lowest BCUT2D eigenvalue weighted by Crippen LogP contribution is -2.52. The van der Waals surface area contributed by atoms with Gasteiger partial charge in [-0.05, 0) is 63.1 Å². The van der Waals surface area contributed by atoms with Gasteiger partial charge in [-0.1, -0.05) is 64.8 Å². The molecule has 0 radical (unpaired) electrons. The third-order valence-electron chi connectivity index (χ3n) is 7.99. The maximum atomic E-state index is 13.2. The van der Waals surface area contributed by atoms with Crippen LogP contribution >= 0.6 is 23.2 Å². The van der Waals surface area contributed by atoms with Crippen molar-refractivity contribution >= 4 is 29.2 Å². The molecule has 8 heteroatoms. The Hall–Kier alpha value is -2.54. The van der Waals surface area contributed by atoms with Crippen LogP contribution in [0.5, 0.6) is 0 Å². The zero-order valence-electron chi connectivity index (χ0n) is 20.8. The molecule has 3 aromatic rings. The van der Waals surface area contributed by atoms with Crippen LogP contribution in [0.15, 0.2) is 53.1 Å². The van der Waals surface area contributed by atoms with E-state index in [1.807, 2.05) is 55.5 Å². The van der Waals surface area contributed by atoms with E-state index in [9.17, 15) is 4.79 Å². The Morgan fingerprint density at radius 1 is 1.05 bits per heavy atom. The van der Waals surface area contributed by atoms with Gasteiger partial charge in [-0.2, -0.15) is 0 Å². The molecule has 2 bridgehead atoms. The van der Waals surface area contributed by atoms with E-state index >= 15 is 0 Å². The van der Waals surface area contributed by atoms with Crippen LogP contribution in [0.1, 0.15) is 74.3 Å². The van der Waals surface area contributed by atoms with E-state index in [2.05, 4.69) is 15.4 Å². The van der Waals surface area contributed by atoms with Gasteiger partial charge in [-0.3, -0.25) is 0 Å². The van der Waals surface area contributed by atoms with Crippen LogP contribution in [0.2, 0.25) is 10.0 Å². The van der Waals surface area contributed by atoms with Gasteiger partial charge in [0.1, 0.15) is 11.5 Å². The predicted octanol–water partition coefficient (Wildman–Crippen LogP) is 7.51. The summed E-state index contributed by atoms with van der Waals surface area (Å²) in [6.07, 6.45) is 5.95. The van der Waals surface area contributed by atoms with Gasteiger partial charge in [0.25, 0.3) is 0 Å². The molecule has 37 heavy (non-hydrogen) atoms. The van der Waals surface area contributed by atoms with Crippen LogP contribution in [0.4, 0.5) is 4.79 Å². The summed E-state index contributed by atoms with van der Waals surface area (Å²) in [5.74, 6) is 1.27. The lowest BCUT2D eigenvalue weighted by molar-refractivity contribution is -0.0173. The summed E-state index contributed by atoms with van der Waals surface area (Å²) in [4.78, 5) is 15.3. The molecule has 2 saturated heterocycles. The van der Waals surface area contributed by atoms with Crippen molar-refractivity contribution in [1.29, 1.82) is 0 Å². The Labute approximate surface area is 227 Å². The zero-order valence-corrected chi connectivity index (χ0v) is 22.3. The Morgan fingerprint density at radius 3 is 2.38 bits per heavy atom. The van der Waals surface area contributed by atoms with E-state index in [4.69, 9.17) is 32.5 Å². The maximum absolute atomic E-state index is 13.2. The van der Waals surface area contributed by atoms with E-state index in [0.29, 0.717) is 33.8 Å². The molecule has 6 nitrogen and oxygen atoms in total.